The number of likely N-dealkylation sites (N-methyl/N-ethyl adjacent to an activating group) is 1. The highest BCUT2D eigenvalue weighted by molar-refractivity contribution is 6.31. The van der Waals surface area contributed by atoms with Crippen molar-refractivity contribution in [3.63, 3.8) is 0 Å². The minimum atomic E-state index is -4.59. The lowest BCUT2D eigenvalue weighted by Crippen LogP contribution is -2.39. The Hall–Kier alpha value is -2.54. The Balaban J connectivity index is 1.74. The van der Waals surface area contributed by atoms with Gasteiger partial charge in [-0.3, -0.25) is 9.79 Å². The molecule has 0 aromatic heterocycles. The quantitative estimate of drug-likeness (QED) is 0.611. The van der Waals surface area contributed by atoms with Crippen LogP contribution in [-0.2, 0) is 11.0 Å². The number of alkyl halides is 3. The molecule has 2 aliphatic rings. The lowest BCUT2D eigenvalue weighted by Gasteiger charge is -2.25. The first-order valence-electron chi connectivity index (χ1n) is 10.3. The molecule has 1 saturated carbocycles. The fourth-order valence-electron chi connectivity index (χ4n) is 4.33. The molecule has 1 unspecified atom stereocenters. The molecule has 0 spiro atoms. The van der Waals surface area contributed by atoms with Gasteiger partial charge in [-0.1, -0.05) is 49.1 Å². The Labute approximate surface area is 184 Å². The summed E-state index contributed by atoms with van der Waals surface area (Å²) in [4.78, 5) is 19.5. The number of nitrogens with one attached hydrogen (secondary N) is 1. The first kappa shape index (κ1) is 21.7. The van der Waals surface area contributed by atoms with E-state index in [2.05, 4.69) is 5.32 Å². The summed E-state index contributed by atoms with van der Waals surface area (Å²) >= 11 is 5.74. The van der Waals surface area contributed by atoms with Crippen molar-refractivity contribution >= 4 is 34.6 Å². The number of benzodiazepines with no additional fused rings is 1. The van der Waals surface area contributed by atoms with Gasteiger partial charge in [0.15, 0.2) is 6.17 Å². The third-order valence-corrected chi connectivity index (χ3v) is 6.27. The maximum absolute atomic E-state index is 13.3. The highest BCUT2D eigenvalue weighted by Crippen LogP contribution is 2.37. The molecule has 2 aromatic carbocycles. The van der Waals surface area contributed by atoms with E-state index >= 15 is 0 Å². The number of hydrogen-bond acceptors (Lipinski definition) is 3. The van der Waals surface area contributed by atoms with Crippen LogP contribution in [0.25, 0.3) is 0 Å². The highest BCUT2D eigenvalue weighted by Gasteiger charge is 2.35. The topological polar surface area (TPSA) is 44.7 Å². The summed E-state index contributed by atoms with van der Waals surface area (Å²) in [5.74, 6) is -0.115. The Kier molecular flexibility index (Phi) is 5.97. The van der Waals surface area contributed by atoms with Gasteiger partial charge in [0.1, 0.15) is 0 Å². The molecule has 0 radical (unpaired) electrons. The van der Waals surface area contributed by atoms with Gasteiger partial charge in [0.2, 0.25) is 0 Å². The normalized spacial score (nSPS) is 20.2. The Bertz CT molecular complexity index is 1020. The summed E-state index contributed by atoms with van der Waals surface area (Å²) < 4.78 is 39.8. The Morgan fingerprint density at radius 1 is 1.10 bits per heavy atom. The number of nitrogens with zero attached hydrogens (tertiary/aromatic N) is 2. The van der Waals surface area contributed by atoms with Gasteiger partial charge in [-0.2, -0.15) is 13.2 Å². The molecule has 1 N–H and O–H groups in total. The average molecular weight is 450 g/mol. The first-order valence-corrected chi connectivity index (χ1v) is 10.7. The molecule has 8 heteroatoms. The van der Waals surface area contributed by atoms with Gasteiger partial charge < -0.3 is 10.2 Å². The van der Waals surface area contributed by atoms with E-state index in [1.807, 2.05) is 24.3 Å². The van der Waals surface area contributed by atoms with E-state index in [0.717, 1.165) is 48.7 Å². The number of benzene rings is 2. The number of hydrogen-bond donors (Lipinski definition) is 1. The van der Waals surface area contributed by atoms with Crippen molar-refractivity contribution in [1.82, 2.24) is 0 Å². The van der Waals surface area contributed by atoms with Crippen LogP contribution in [0.1, 0.15) is 43.2 Å². The van der Waals surface area contributed by atoms with Crippen molar-refractivity contribution in [1.29, 1.82) is 0 Å². The summed E-state index contributed by atoms with van der Waals surface area (Å²) in [6, 6.07) is 11.1. The number of para-hydroxylation sites is 1. The second-order valence-corrected chi connectivity index (χ2v) is 8.41. The zero-order valence-corrected chi connectivity index (χ0v) is 17.8. The molecule has 1 atom stereocenters. The van der Waals surface area contributed by atoms with Gasteiger partial charge in [-0.05, 0) is 37.1 Å². The largest absolute Gasteiger partial charge is 0.417 e. The summed E-state index contributed by atoms with van der Waals surface area (Å²) in [5, 5.41) is 2.52. The van der Waals surface area contributed by atoms with Crippen LogP contribution < -0.4 is 10.2 Å². The van der Waals surface area contributed by atoms with Crippen LogP contribution in [-0.4, -0.2) is 24.8 Å². The van der Waals surface area contributed by atoms with E-state index in [9.17, 15) is 18.0 Å². The number of anilines is 2. The minimum Gasteiger partial charge on any atom is -0.356 e. The fraction of sp³-hybridized carbons (Fsp3) is 0.391. The molecule has 1 amide bonds. The van der Waals surface area contributed by atoms with Gasteiger partial charge in [0, 0.05) is 24.2 Å². The molecule has 0 saturated heterocycles. The fourth-order valence-corrected chi connectivity index (χ4v) is 4.56. The Morgan fingerprint density at radius 2 is 1.81 bits per heavy atom. The third-order valence-electron chi connectivity index (χ3n) is 5.94. The monoisotopic (exact) mass is 449 g/mol. The maximum Gasteiger partial charge on any atom is 0.417 e. The van der Waals surface area contributed by atoms with E-state index in [1.54, 1.807) is 7.05 Å². The molecule has 31 heavy (non-hydrogen) atoms. The summed E-state index contributed by atoms with van der Waals surface area (Å²) in [7, 11) is 1.66. The number of amides is 1. The molecule has 1 aliphatic heterocycles. The second-order valence-electron chi connectivity index (χ2n) is 8.00. The number of carbonyl (C=O) groups is 1. The van der Waals surface area contributed by atoms with Gasteiger partial charge >= 0.3 is 6.18 Å². The van der Waals surface area contributed by atoms with Crippen molar-refractivity contribution < 1.29 is 18.0 Å². The van der Waals surface area contributed by atoms with Gasteiger partial charge in [-0.25, -0.2) is 0 Å². The minimum absolute atomic E-state index is 0.140. The van der Waals surface area contributed by atoms with Gasteiger partial charge in [0.25, 0.3) is 5.91 Å². The number of fused-ring (bicyclic) bond motifs is 1. The molecule has 0 bridgehead atoms. The summed E-state index contributed by atoms with van der Waals surface area (Å²) in [6.45, 7) is 0. The average Bonchev–Trinajstić information content (AvgIpc) is 2.86. The number of rotatable bonds is 3. The van der Waals surface area contributed by atoms with Crippen LogP contribution in [0.5, 0.6) is 0 Å². The molecule has 1 fully saturated rings. The molecule has 2 aromatic rings. The zero-order chi connectivity index (χ0) is 22.2. The van der Waals surface area contributed by atoms with E-state index < -0.39 is 17.9 Å². The van der Waals surface area contributed by atoms with Crippen molar-refractivity contribution in [3.05, 3.63) is 58.6 Å². The zero-order valence-electron chi connectivity index (χ0n) is 17.0. The SMILES string of the molecule is CN1C(=O)C(Nc2ccc(Cl)c(C(F)(F)F)c2)N=C(C2CCCCC2)c2ccccc21. The molecular weight excluding hydrogens is 427 g/mol. The molecule has 1 aliphatic carbocycles. The van der Waals surface area contributed by atoms with Crippen molar-refractivity contribution in [2.75, 3.05) is 17.3 Å². The lowest BCUT2D eigenvalue weighted by molar-refractivity contribution is -0.137. The summed E-state index contributed by atoms with van der Waals surface area (Å²) in [6.07, 6.45) is -0.285. The predicted molar refractivity (Wildman–Crippen MR) is 117 cm³/mol. The van der Waals surface area contributed by atoms with Crippen molar-refractivity contribution in [2.24, 2.45) is 10.9 Å². The first-order chi connectivity index (χ1) is 14.8. The van der Waals surface area contributed by atoms with Gasteiger partial charge in [-0.15, -0.1) is 0 Å². The number of aliphatic imine (C=N–C) groups is 1. The van der Waals surface area contributed by atoms with Crippen LogP contribution >= 0.6 is 11.6 Å². The van der Waals surface area contributed by atoms with E-state index in [1.165, 1.54) is 23.5 Å². The van der Waals surface area contributed by atoms with Crippen molar-refractivity contribution in [2.45, 2.75) is 44.4 Å². The molecular formula is C23H23ClF3N3O. The predicted octanol–water partition coefficient (Wildman–Crippen LogP) is 6.14. The molecule has 4 nitrogen and oxygen atoms in total. The Morgan fingerprint density at radius 3 is 2.52 bits per heavy atom. The van der Waals surface area contributed by atoms with Crippen LogP contribution in [0.2, 0.25) is 5.02 Å². The van der Waals surface area contributed by atoms with E-state index in [0.29, 0.717) is 0 Å². The highest BCUT2D eigenvalue weighted by atomic mass is 35.5. The summed E-state index contributed by atoms with van der Waals surface area (Å²) in [5.41, 5.74) is 1.69. The third kappa shape index (κ3) is 4.42. The smallest absolute Gasteiger partial charge is 0.356 e. The molecule has 4 rings (SSSR count). The number of halogens is 4. The maximum atomic E-state index is 13.3. The van der Waals surface area contributed by atoms with Crippen LogP contribution in [0.3, 0.4) is 0 Å². The van der Waals surface area contributed by atoms with Crippen LogP contribution in [0, 0.1) is 5.92 Å². The number of carbonyl (C=O) groups excluding carboxylic acids is 1. The lowest BCUT2D eigenvalue weighted by atomic mass is 9.83. The van der Waals surface area contributed by atoms with Gasteiger partial charge in [0.05, 0.1) is 22.0 Å². The van der Waals surface area contributed by atoms with Crippen molar-refractivity contribution in [3.8, 4) is 0 Å². The second kappa shape index (κ2) is 8.54. The van der Waals surface area contributed by atoms with Crippen LogP contribution in [0.4, 0.5) is 24.5 Å². The standard InChI is InChI=1S/C23H23ClF3N3O/c1-30-19-10-6-5-9-16(19)20(14-7-3-2-4-8-14)29-21(22(30)31)28-15-11-12-18(24)17(13-15)23(25,26)27/h5-6,9-14,21,28H,2-4,7-8H2,1H3. The van der Waals surface area contributed by atoms with E-state index in [-0.39, 0.29) is 22.5 Å². The molecule has 164 valence electrons. The van der Waals surface area contributed by atoms with Crippen LogP contribution in [0.15, 0.2) is 47.5 Å². The molecule has 1 heterocycles. The van der Waals surface area contributed by atoms with E-state index in [4.69, 9.17) is 16.6 Å².